The number of carbonyl (C=O) groups excluding carboxylic acids is 3. The van der Waals surface area contributed by atoms with Crippen molar-refractivity contribution in [3.05, 3.63) is 29.8 Å². The first kappa shape index (κ1) is 22.9. The smallest absolute Gasteiger partial charge is 0.409 e. The van der Waals surface area contributed by atoms with Gasteiger partial charge in [0.15, 0.2) is 5.54 Å². The van der Waals surface area contributed by atoms with Crippen LogP contribution in [0, 0.1) is 5.41 Å². The number of benzene rings is 1. The number of amides is 2. The highest BCUT2D eigenvalue weighted by atomic mass is 16.6. The molecule has 1 aromatic rings. The van der Waals surface area contributed by atoms with Crippen LogP contribution >= 0.6 is 0 Å². The number of piperidine rings is 1. The van der Waals surface area contributed by atoms with Crippen molar-refractivity contribution in [3.8, 4) is 5.75 Å². The Balaban J connectivity index is 1.89. The van der Waals surface area contributed by atoms with Gasteiger partial charge in [-0.2, -0.15) is 0 Å². The second kappa shape index (κ2) is 8.05. The van der Waals surface area contributed by atoms with Crippen LogP contribution in [0.2, 0.25) is 0 Å². The summed E-state index contributed by atoms with van der Waals surface area (Å²) in [4.78, 5) is 42.0. The van der Waals surface area contributed by atoms with Crippen LogP contribution in [0.3, 0.4) is 0 Å². The molecule has 8 nitrogen and oxygen atoms in total. The summed E-state index contributed by atoms with van der Waals surface area (Å²) in [6.45, 7) is 8.24. The number of carbonyl (C=O) groups is 3. The quantitative estimate of drug-likeness (QED) is 0.537. The van der Waals surface area contributed by atoms with Crippen LogP contribution in [0.1, 0.15) is 46.1 Å². The number of rotatable bonds is 4. The van der Waals surface area contributed by atoms with Crippen LogP contribution in [0.5, 0.6) is 5.75 Å². The summed E-state index contributed by atoms with van der Waals surface area (Å²) in [6, 6.07) is 7.42. The highest BCUT2D eigenvalue weighted by molar-refractivity contribution is 6.04. The van der Waals surface area contributed by atoms with Gasteiger partial charge in [-0.25, -0.2) is 9.59 Å². The second-order valence-electron chi connectivity index (χ2n) is 9.35. The molecular formula is C23H32N2O6. The SMILES string of the molecule is COC(=O)N1CCC2(CC1)C(=O)N(Cc1ccc(OC)cc1)C2(C)C(=O)OC(C)(C)C. The fraction of sp³-hybridized carbons (Fsp3) is 0.609. The molecule has 0 saturated carbocycles. The van der Waals surface area contributed by atoms with Gasteiger partial charge < -0.3 is 24.0 Å². The van der Waals surface area contributed by atoms with Crippen molar-refractivity contribution in [2.45, 2.75) is 58.2 Å². The van der Waals surface area contributed by atoms with Crippen LogP contribution in [0.15, 0.2) is 24.3 Å². The number of methoxy groups -OCH3 is 2. The summed E-state index contributed by atoms with van der Waals surface area (Å²) in [5, 5.41) is 0. The van der Waals surface area contributed by atoms with Crippen LogP contribution in [0.25, 0.3) is 0 Å². The minimum Gasteiger partial charge on any atom is -0.497 e. The number of hydrogen-bond acceptors (Lipinski definition) is 6. The first-order valence-electron chi connectivity index (χ1n) is 10.5. The van der Waals surface area contributed by atoms with Crippen molar-refractivity contribution in [1.82, 2.24) is 9.80 Å². The van der Waals surface area contributed by atoms with Crippen LogP contribution in [-0.4, -0.2) is 66.2 Å². The first-order valence-corrected chi connectivity index (χ1v) is 10.5. The van der Waals surface area contributed by atoms with Crippen LogP contribution < -0.4 is 4.74 Å². The summed E-state index contributed by atoms with van der Waals surface area (Å²) in [5.74, 6) is 0.223. The minimum atomic E-state index is -1.13. The molecule has 1 atom stereocenters. The van der Waals surface area contributed by atoms with Crippen LogP contribution in [-0.2, 0) is 25.6 Å². The molecule has 170 valence electrons. The molecule has 0 aromatic heterocycles. The number of hydrogen-bond donors (Lipinski definition) is 0. The lowest BCUT2D eigenvalue weighted by Gasteiger charge is -2.64. The van der Waals surface area contributed by atoms with E-state index in [4.69, 9.17) is 14.2 Å². The van der Waals surface area contributed by atoms with Crippen molar-refractivity contribution in [1.29, 1.82) is 0 Å². The third-order valence-electron chi connectivity index (χ3n) is 6.47. The third-order valence-corrected chi connectivity index (χ3v) is 6.47. The predicted molar refractivity (Wildman–Crippen MR) is 113 cm³/mol. The fourth-order valence-electron chi connectivity index (χ4n) is 4.60. The topological polar surface area (TPSA) is 85.4 Å². The van der Waals surface area contributed by atoms with Gasteiger partial charge in [0.1, 0.15) is 11.4 Å². The van der Waals surface area contributed by atoms with Gasteiger partial charge in [-0.05, 0) is 58.2 Å². The molecule has 2 fully saturated rings. The average Bonchev–Trinajstić information content (AvgIpc) is 2.75. The predicted octanol–water partition coefficient (Wildman–Crippen LogP) is 2.99. The van der Waals surface area contributed by atoms with E-state index in [-0.39, 0.29) is 5.91 Å². The Morgan fingerprint density at radius 2 is 1.65 bits per heavy atom. The third kappa shape index (κ3) is 3.83. The Bertz CT molecular complexity index is 852. The molecule has 1 unspecified atom stereocenters. The average molecular weight is 433 g/mol. The molecule has 0 N–H and O–H groups in total. The number of nitrogens with zero attached hydrogens (tertiary/aromatic N) is 2. The Hall–Kier alpha value is -2.77. The summed E-state index contributed by atoms with van der Waals surface area (Å²) in [7, 11) is 2.93. The van der Waals surface area contributed by atoms with Crippen molar-refractivity contribution in [3.63, 3.8) is 0 Å². The monoisotopic (exact) mass is 432 g/mol. The Labute approximate surface area is 183 Å². The summed E-state index contributed by atoms with van der Waals surface area (Å²) < 4.78 is 15.8. The van der Waals surface area contributed by atoms with E-state index in [0.717, 1.165) is 11.3 Å². The molecule has 2 amide bonds. The van der Waals surface area contributed by atoms with E-state index in [1.54, 1.807) is 23.8 Å². The molecule has 1 spiro atoms. The maximum Gasteiger partial charge on any atom is 0.409 e. The second-order valence-corrected chi connectivity index (χ2v) is 9.35. The molecule has 0 radical (unpaired) electrons. The normalized spacial score (nSPS) is 22.7. The molecular weight excluding hydrogens is 400 g/mol. The molecule has 2 aliphatic heterocycles. The minimum absolute atomic E-state index is 0.0822. The Morgan fingerprint density at radius 1 is 1.06 bits per heavy atom. The van der Waals surface area contributed by atoms with E-state index in [1.807, 2.05) is 45.0 Å². The van der Waals surface area contributed by atoms with E-state index in [2.05, 4.69) is 0 Å². The Morgan fingerprint density at radius 3 is 2.13 bits per heavy atom. The molecule has 2 heterocycles. The van der Waals surface area contributed by atoms with Gasteiger partial charge in [0.05, 0.1) is 19.6 Å². The van der Waals surface area contributed by atoms with Gasteiger partial charge in [0.2, 0.25) is 5.91 Å². The molecule has 0 aliphatic carbocycles. The zero-order valence-electron chi connectivity index (χ0n) is 19.2. The van der Waals surface area contributed by atoms with E-state index >= 15 is 0 Å². The lowest BCUT2D eigenvalue weighted by molar-refractivity contribution is -0.220. The van der Waals surface area contributed by atoms with Crippen molar-refractivity contribution in [2.75, 3.05) is 27.3 Å². The standard InChI is InChI=1S/C23H32N2O6/c1-21(2,3)31-19(27)22(4)23(11-13-24(14-12-23)20(28)30-6)18(26)25(22)15-16-7-9-17(29-5)10-8-16/h7-10H,11-15H2,1-6H3. The first-order chi connectivity index (χ1) is 14.5. The molecule has 3 rings (SSSR count). The van der Waals surface area contributed by atoms with Gasteiger partial charge in [-0.15, -0.1) is 0 Å². The molecule has 0 bridgehead atoms. The number of esters is 1. The van der Waals surface area contributed by atoms with Gasteiger partial charge in [0.25, 0.3) is 0 Å². The summed E-state index contributed by atoms with van der Waals surface area (Å²) in [6.07, 6.45) is 0.349. The van der Waals surface area contributed by atoms with Crippen molar-refractivity contribution in [2.24, 2.45) is 5.41 Å². The lowest BCUT2D eigenvalue weighted by atomic mass is 9.56. The molecule has 2 aliphatic rings. The number of β-lactam (4-membered cyclic amide) rings is 1. The lowest BCUT2D eigenvalue weighted by Crippen LogP contribution is -2.81. The summed E-state index contributed by atoms with van der Waals surface area (Å²) >= 11 is 0. The molecule has 31 heavy (non-hydrogen) atoms. The van der Waals surface area contributed by atoms with Gasteiger partial charge in [-0.3, -0.25) is 4.79 Å². The number of ether oxygens (including phenoxy) is 3. The largest absolute Gasteiger partial charge is 0.497 e. The van der Waals surface area contributed by atoms with Gasteiger partial charge in [-0.1, -0.05) is 12.1 Å². The molecule has 8 heteroatoms. The maximum absolute atomic E-state index is 13.5. The van der Waals surface area contributed by atoms with Crippen molar-refractivity contribution >= 4 is 18.0 Å². The number of likely N-dealkylation sites (tertiary alicyclic amines) is 2. The van der Waals surface area contributed by atoms with Gasteiger partial charge >= 0.3 is 12.1 Å². The molecule has 1 aromatic carbocycles. The highest BCUT2D eigenvalue weighted by Crippen LogP contribution is 2.56. The van der Waals surface area contributed by atoms with E-state index < -0.39 is 28.6 Å². The highest BCUT2D eigenvalue weighted by Gasteiger charge is 2.73. The van der Waals surface area contributed by atoms with E-state index in [0.29, 0.717) is 32.5 Å². The molecule has 2 saturated heterocycles. The van der Waals surface area contributed by atoms with Gasteiger partial charge in [0, 0.05) is 19.6 Å². The summed E-state index contributed by atoms with van der Waals surface area (Å²) in [5.41, 5.74) is -1.81. The fourth-order valence-corrected chi connectivity index (χ4v) is 4.60. The van der Waals surface area contributed by atoms with E-state index in [9.17, 15) is 14.4 Å². The van der Waals surface area contributed by atoms with Crippen molar-refractivity contribution < 1.29 is 28.6 Å². The Kier molecular flexibility index (Phi) is 5.95. The maximum atomic E-state index is 13.5. The van der Waals surface area contributed by atoms with E-state index in [1.165, 1.54) is 7.11 Å². The van der Waals surface area contributed by atoms with Crippen LogP contribution in [0.4, 0.5) is 4.79 Å². The zero-order chi connectivity index (χ0) is 23.0. The zero-order valence-corrected chi connectivity index (χ0v) is 19.2.